The zero-order valence-electron chi connectivity index (χ0n) is 10.2. The van der Waals surface area contributed by atoms with E-state index >= 15 is 0 Å². The maximum absolute atomic E-state index is 9.08. The van der Waals surface area contributed by atoms with Crippen molar-refractivity contribution in [1.82, 2.24) is 10.1 Å². The van der Waals surface area contributed by atoms with Crippen molar-refractivity contribution in [2.75, 3.05) is 5.48 Å². The van der Waals surface area contributed by atoms with E-state index in [1.165, 1.54) is 0 Å². The summed E-state index contributed by atoms with van der Waals surface area (Å²) < 4.78 is 5.23. The molecule has 3 rings (SSSR count). The van der Waals surface area contributed by atoms with Crippen LogP contribution in [0.1, 0.15) is 0 Å². The Labute approximate surface area is 119 Å². The van der Waals surface area contributed by atoms with Crippen molar-refractivity contribution < 1.29 is 9.73 Å². The van der Waals surface area contributed by atoms with Gasteiger partial charge in [-0.1, -0.05) is 28.9 Å². The standard InChI is InChI=1S/C14H10ClN3O2/c15-10-7-5-9(6-8-10)13-16-14(20-18-13)11-3-1-2-4-12(11)17-19/h1-8,17,19H. The fourth-order valence-corrected chi connectivity index (χ4v) is 1.94. The van der Waals surface area contributed by atoms with Crippen LogP contribution in [-0.2, 0) is 0 Å². The Bertz CT molecular complexity index is 725. The van der Waals surface area contributed by atoms with Crippen LogP contribution < -0.4 is 5.48 Å². The maximum atomic E-state index is 9.08. The van der Waals surface area contributed by atoms with Crippen LogP contribution >= 0.6 is 11.6 Å². The molecule has 3 aromatic rings. The fourth-order valence-electron chi connectivity index (χ4n) is 1.82. The summed E-state index contributed by atoms with van der Waals surface area (Å²) in [4.78, 5) is 4.32. The van der Waals surface area contributed by atoms with Gasteiger partial charge in [0, 0.05) is 10.6 Å². The van der Waals surface area contributed by atoms with Gasteiger partial charge in [0.2, 0.25) is 5.82 Å². The smallest absolute Gasteiger partial charge is 0.260 e. The van der Waals surface area contributed by atoms with Crippen molar-refractivity contribution in [3.05, 3.63) is 53.6 Å². The van der Waals surface area contributed by atoms with E-state index in [4.69, 9.17) is 21.3 Å². The topological polar surface area (TPSA) is 71.2 Å². The molecule has 1 aromatic heterocycles. The van der Waals surface area contributed by atoms with Gasteiger partial charge in [-0.3, -0.25) is 10.7 Å². The van der Waals surface area contributed by atoms with Gasteiger partial charge in [-0.05, 0) is 36.4 Å². The molecular weight excluding hydrogens is 278 g/mol. The lowest BCUT2D eigenvalue weighted by molar-refractivity contribution is 0.388. The zero-order valence-corrected chi connectivity index (χ0v) is 11.0. The maximum Gasteiger partial charge on any atom is 0.260 e. The highest BCUT2D eigenvalue weighted by Gasteiger charge is 2.13. The van der Waals surface area contributed by atoms with Crippen LogP contribution in [-0.4, -0.2) is 15.3 Å². The lowest BCUT2D eigenvalue weighted by Gasteiger charge is -2.02. The second kappa shape index (κ2) is 5.32. The number of anilines is 1. The quantitative estimate of drug-likeness (QED) is 0.716. The average Bonchev–Trinajstić information content (AvgIpc) is 2.97. The third-order valence-electron chi connectivity index (χ3n) is 2.81. The monoisotopic (exact) mass is 287 g/mol. The van der Waals surface area contributed by atoms with Crippen LogP contribution in [0.2, 0.25) is 5.02 Å². The number of hydrogen-bond acceptors (Lipinski definition) is 5. The van der Waals surface area contributed by atoms with Crippen LogP contribution in [0.25, 0.3) is 22.8 Å². The third-order valence-corrected chi connectivity index (χ3v) is 3.06. The number of rotatable bonds is 3. The van der Waals surface area contributed by atoms with Crippen molar-refractivity contribution in [1.29, 1.82) is 0 Å². The van der Waals surface area contributed by atoms with E-state index in [0.29, 0.717) is 28.0 Å². The average molecular weight is 288 g/mol. The molecule has 0 aliphatic heterocycles. The van der Waals surface area contributed by atoms with Crippen LogP contribution in [0.4, 0.5) is 5.69 Å². The number of nitrogens with zero attached hydrogens (tertiary/aromatic N) is 2. The van der Waals surface area contributed by atoms with E-state index in [9.17, 15) is 0 Å². The summed E-state index contributed by atoms with van der Waals surface area (Å²) in [5, 5.41) is 13.7. The van der Waals surface area contributed by atoms with Gasteiger partial charge in [0.05, 0.1) is 11.3 Å². The van der Waals surface area contributed by atoms with Gasteiger partial charge < -0.3 is 4.52 Å². The number of para-hydroxylation sites is 1. The molecule has 0 saturated heterocycles. The molecule has 6 heteroatoms. The number of nitrogens with one attached hydrogen (secondary N) is 1. The van der Waals surface area contributed by atoms with Crippen molar-refractivity contribution in [3.63, 3.8) is 0 Å². The van der Waals surface area contributed by atoms with Gasteiger partial charge in [-0.15, -0.1) is 0 Å². The molecule has 1 heterocycles. The Kier molecular flexibility index (Phi) is 3.37. The second-order valence-corrected chi connectivity index (χ2v) is 4.52. The van der Waals surface area contributed by atoms with E-state index in [2.05, 4.69) is 15.6 Å². The first-order valence-electron chi connectivity index (χ1n) is 5.87. The second-order valence-electron chi connectivity index (χ2n) is 4.09. The lowest BCUT2D eigenvalue weighted by Crippen LogP contribution is -1.92. The summed E-state index contributed by atoms with van der Waals surface area (Å²) in [5.74, 6) is 0.788. The molecule has 0 fully saturated rings. The minimum atomic E-state index is 0.326. The van der Waals surface area contributed by atoms with E-state index in [0.717, 1.165) is 5.56 Å². The molecule has 0 saturated carbocycles. The SMILES string of the molecule is ONc1ccccc1-c1nc(-c2ccc(Cl)cc2)no1. The van der Waals surface area contributed by atoms with Gasteiger partial charge in [-0.25, -0.2) is 0 Å². The first-order chi connectivity index (χ1) is 9.78. The van der Waals surface area contributed by atoms with Crippen molar-refractivity contribution >= 4 is 17.3 Å². The largest absolute Gasteiger partial charge is 0.334 e. The third kappa shape index (κ3) is 2.36. The van der Waals surface area contributed by atoms with Gasteiger partial charge in [0.15, 0.2) is 0 Å². The first-order valence-corrected chi connectivity index (χ1v) is 6.25. The molecule has 0 spiro atoms. The summed E-state index contributed by atoms with van der Waals surface area (Å²) in [7, 11) is 0. The Morgan fingerprint density at radius 1 is 1.05 bits per heavy atom. The molecule has 0 aliphatic rings. The first kappa shape index (κ1) is 12.7. The molecule has 0 atom stereocenters. The number of hydrogen-bond donors (Lipinski definition) is 2. The fraction of sp³-hybridized carbons (Fsp3) is 0. The normalized spacial score (nSPS) is 10.5. The van der Waals surface area contributed by atoms with Gasteiger partial charge >= 0.3 is 0 Å². The van der Waals surface area contributed by atoms with Gasteiger partial charge in [0.25, 0.3) is 5.89 Å². The van der Waals surface area contributed by atoms with Crippen LogP contribution in [0.3, 0.4) is 0 Å². The van der Waals surface area contributed by atoms with Crippen molar-refractivity contribution in [2.24, 2.45) is 0 Å². The van der Waals surface area contributed by atoms with Gasteiger partial charge in [0.1, 0.15) is 0 Å². The predicted molar refractivity (Wildman–Crippen MR) is 75.6 cm³/mol. The molecule has 100 valence electrons. The Morgan fingerprint density at radius 3 is 2.55 bits per heavy atom. The van der Waals surface area contributed by atoms with Crippen LogP contribution in [0.5, 0.6) is 0 Å². The minimum absolute atomic E-state index is 0.326. The summed E-state index contributed by atoms with van der Waals surface area (Å²) in [6, 6.07) is 14.2. The minimum Gasteiger partial charge on any atom is -0.334 e. The van der Waals surface area contributed by atoms with Crippen molar-refractivity contribution in [2.45, 2.75) is 0 Å². The molecule has 0 radical (unpaired) electrons. The zero-order chi connectivity index (χ0) is 13.9. The summed E-state index contributed by atoms with van der Waals surface area (Å²) in [6.45, 7) is 0. The van der Waals surface area contributed by atoms with Crippen molar-refractivity contribution in [3.8, 4) is 22.8 Å². The molecule has 0 bridgehead atoms. The highest BCUT2D eigenvalue weighted by atomic mass is 35.5. The molecule has 5 nitrogen and oxygen atoms in total. The Hall–Kier alpha value is -2.37. The predicted octanol–water partition coefficient (Wildman–Crippen LogP) is 3.86. The number of benzene rings is 2. The summed E-state index contributed by atoms with van der Waals surface area (Å²) in [6.07, 6.45) is 0. The highest BCUT2D eigenvalue weighted by molar-refractivity contribution is 6.30. The molecule has 0 unspecified atom stereocenters. The number of aromatic nitrogens is 2. The van der Waals surface area contributed by atoms with Crippen LogP contribution in [0.15, 0.2) is 53.1 Å². The Morgan fingerprint density at radius 2 is 1.80 bits per heavy atom. The lowest BCUT2D eigenvalue weighted by atomic mass is 10.2. The Balaban J connectivity index is 2.00. The molecule has 0 amide bonds. The molecule has 0 aliphatic carbocycles. The number of halogens is 1. The van der Waals surface area contributed by atoms with Gasteiger partial charge in [-0.2, -0.15) is 4.98 Å². The van der Waals surface area contributed by atoms with E-state index in [1.807, 2.05) is 18.2 Å². The molecule has 20 heavy (non-hydrogen) atoms. The van der Waals surface area contributed by atoms with E-state index < -0.39 is 0 Å². The molecule has 2 N–H and O–H groups in total. The van der Waals surface area contributed by atoms with E-state index in [1.54, 1.807) is 30.3 Å². The summed E-state index contributed by atoms with van der Waals surface area (Å²) >= 11 is 5.84. The summed E-state index contributed by atoms with van der Waals surface area (Å²) in [5.41, 5.74) is 4.04. The highest BCUT2D eigenvalue weighted by Crippen LogP contribution is 2.28. The van der Waals surface area contributed by atoms with E-state index in [-0.39, 0.29) is 0 Å². The molecule has 2 aromatic carbocycles. The molecular formula is C14H10ClN3O2. The van der Waals surface area contributed by atoms with Crippen LogP contribution in [0, 0.1) is 0 Å².